The molecule has 0 aromatic carbocycles. The molecule has 0 spiro atoms. The fourth-order valence-electron chi connectivity index (χ4n) is 8.38. The van der Waals surface area contributed by atoms with E-state index in [0.717, 1.165) is 40.9 Å². The minimum atomic E-state index is -0.524. The van der Waals surface area contributed by atoms with Crippen LogP contribution in [0.4, 0.5) is 0 Å². The zero-order valence-electron chi connectivity index (χ0n) is 23.9. The van der Waals surface area contributed by atoms with Gasteiger partial charge in [-0.05, 0) is 98.2 Å². The second-order valence-electron chi connectivity index (χ2n) is 12.8. The van der Waals surface area contributed by atoms with Gasteiger partial charge in [0.1, 0.15) is 0 Å². The van der Waals surface area contributed by atoms with Crippen molar-refractivity contribution in [3.63, 3.8) is 0 Å². The predicted molar refractivity (Wildman–Crippen MR) is 146 cm³/mol. The first-order valence-electron chi connectivity index (χ1n) is 14.2. The van der Waals surface area contributed by atoms with Crippen LogP contribution < -0.4 is 0 Å². The van der Waals surface area contributed by atoms with Crippen LogP contribution in [0.15, 0.2) is 46.3 Å². The average Bonchev–Trinajstić information content (AvgIpc) is 2.88. The number of ketones is 1. The highest BCUT2D eigenvalue weighted by Gasteiger charge is 2.60. The van der Waals surface area contributed by atoms with Gasteiger partial charge in [-0.2, -0.15) is 0 Å². The van der Waals surface area contributed by atoms with Gasteiger partial charge in [0.05, 0.1) is 6.61 Å². The molecule has 0 amide bonds. The molecule has 5 rings (SSSR count). The molecular formula is C32H44O6. The lowest BCUT2D eigenvalue weighted by molar-refractivity contribution is -0.152. The van der Waals surface area contributed by atoms with E-state index in [4.69, 9.17) is 0 Å². The zero-order valence-corrected chi connectivity index (χ0v) is 23.9. The third-order valence-electron chi connectivity index (χ3n) is 10.6. The molecule has 6 atom stereocenters. The largest absolute Gasteiger partial charge is 0.504 e. The summed E-state index contributed by atoms with van der Waals surface area (Å²) in [5, 5.41) is 10.2. The Hall–Kier alpha value is -2.63. The van der Waals surface area contributed by atoms with Gasteiger partial charge in [-0.15, -0.1) is 0 Å². The summed E-state index contributed by atoms with van der Waals surface area (Å²) in [6, 6.07) is 0. The number of ether oxygens (including phenoxy) is 2. The van der Waals surface area contributed by atoms with Gasteiger partial charge < -0.3 is 14.6 Å². The van der Waals surface area contributed by atoms with Crippen LogP contribution in [-0.4, -0.2) is 36.5 Å². The molecule has 0 aromatic heterocycles. The van der Waals surface area contributed by atoms with Gasteiger partial charge in [-0.25, -0.2) is 4.79 Å². The number of aliphatic hydroxyl groups is 1. The van der Waals surface area contributed by atoms with Gasteiger partial charge in [-0.3, -0.25) is 9.59 Å². The molecule has 6 nitrogen and oxygen atoms in total. The smallest absolute Gasteiger partial charge is 0.344 e. The van der Waals surface area contributed by atoms with E-state index in [1.165, 1.54) is 38.5 Å². The molecule has 3 fully saturated rings. The minimum absolute atomic E-state index is 0.0787. The number of aliphatic hydroxyl groups excluding tert-OH is 1. The lowest BCUT2D eigenvalue weighted by atomic mass is 9.40. The number of fused-ring (bicyclic) bond motifs is 7. The topological polar surface area (TPSA) is 89.9 Å². The van der Waals surface area contributed by atoms with Crippen LogP contribution in [0, 0.1) is 34.0 Å². The average molecular weight is 525 g/mol. The van der Waals surface area contributed by atoms with E-state index in [1.54, 1.807) is 18.6 Å². The van der Waals surface area contributed by atoms with Crippen LogP contribution in [0.1, 0.15) is 86.5 Å². The van der Waals surface area contributed by atoms with Gasteiger partial charge in [0, 0.05) is 11.0 Å². The fourth-order valence-corrected chi connectivity index (χ4v) is 8.38. The minimum Gasteiger partial charge on any atom is -0.504 e. The maximum absolute atomic E-state index is 12.5. The summed E-state index contributed by atoms with van der Waals surface area (Å²) in [5.74, 6) is 1.61. The van der Waals surface area contributed by atoms with Crippen LogP contribution in [0.25, 0.3) is 0 Å². The first kappa shape index (κ1) is 28.4. The fraction of sp³-hybridized carbons (Fsp3) is 0.656. The Kier molecular flexibility index (Phi) is 7.84. The van der Waals surface area contributed by atoms with Crippen molar-refractivity contribution in [3.05, 3.63) is 46.3 Å². The Morgan fingerprint density at radius 2 is 1.84 bits per heavy atom. The van der Waals surface area contributed by atoms with Crippen molar-refractivity contribution in [1.29, 1.82) is 0 Å². The van der Waals surface area contributed by atoms with Crippen molar-refractivity contribution in [2.75, 3.05) is 13.2 Å². The third kappa shape index (κ3) is 4.69. The number of carbonyl (C=O) groups excluding carboxylic acids is 3. The number of hydrogen-bond acceptors (Lipinski definition) is 6. The number of esters is 1. The van der Waals surface area contributed by atoms with Crippen molar-refractivity contribution in [1.82, 2.24) is 0 Å². The van der Waals surface area contributed by atoms with Crippen molar-refractivity contribution in [2.24, 2.45) is 34.0 Å². The second-order valence-corrected chi connectivity index (χ2v) is 12.8. The normalized spacial score (nSPS) is 37.5. The molecule has 6 unspecified atom stereocenters. The number of hydrogen-bond donors (Lipinski definition) is 1. The Bertz CT molecular complexity index is 1120. The molecule has 0 aliphatic heterocycles. The Balaban J connectivity index is 0.000000323. The molecule has 0 bridgehead atoms. The van der Waals surface area contributed by atoms with E-state index in [0.29, 0.717) is 12.0 Å². The highest BCUT2D eigenvalue weighted by Crippen LogP contribution is 2.69. The highest BCUT2D eigenvalue weighted by molar-refractivity contribution is 6.06. The van der Waals surface area contributed by atoms with Gasteiger partial charge in [0.15, 0.2) is 12.4 Å². The van der Waals surface area contributed by atoms with E-state index >= 15 is 0 Å². The molecule has 208 valence electrons. The van der Waals surface area contributed by atoms with Gasteiger partial charge in [-0.1, -0.05) is 51.8 Å². The first-order valence-corrected chi connectivity index (χ1v) is 14.2. The summed E-state index contributed by atoms with van der Waals surface area (Å²) in [6.07, 6.45) is 15.5. The third-order valence-corrected chi connectivity index (χ3v) is 10.6. The second kappa shape index (κ2) is 10.5. The Morgan fingerprint density at radius 1 is 1.11 bits per heavy atom. The summed E-state index contributed by atoms with van der Waals surface area (Å²) in [7, 11) is 0. The molecule has 6 heteroatoms. The van der Waals surface area contributed by atoms with E-state index in [2.05, 4.69) is 49.3 Å². The van der Waals surface area contributed by atoms with E-state index in [9.17, 15) is 19.5 Å². The lowest BCUT2D eigenvalue weighted by Gasteiger charge is -2.64. The molecule has 0 saturated heterocycles. The Morgan fingerprint density at radius 3 is 2.53 bits per heavy atom. The monoisotopic (exact) mass is 524 g/mol. The van der Waals surface area contributed by atoms with Crippen LogP contribution in [0.2, 0.25) is 0 Å². The number of allylic oxidation sites excluding steroid dienone is 7. The van der Waals surface area contributed by atoms with Crippen LogP contribution in [0.5, 0.6) is 0 Å². The molecule has 1 N–H and O–H groups in total. The first-order chi connectivity index (χ1) is 17.9. The van der Waals surface area contributed by atoms with Crippen LogP contribution >= 0.6 is 0 Å². The van der Waals surface area contributed by atoms with E-state index < -0.39 is 5.97 Å². The molecule has 5 aliphatic rings. The standard InChI is InChI=1S/C27H36O2.C5H8O4/c1-16-8-10-25(3)12-13-27(5)19(21(25)14-16)9-11-26(4)20-15-22(28)24(29)17(2)18(20)6-7-23(26)27;1-2-9-5(7)3-8-4-6/h6-7,15-16,19,21,29H,8-14H2,1-5H3;4H,2-3H2,1H3. The van der Waals surface area contributed by atoms with E-state index in [-0.39, 0.29) is 35.5 Å². The summed E-state index contributed by atoms with van der Waals surface area (Å²) >= 11 is 0. The van der Waals surface area contributed by atoms with Crippen LogP contribution in [-0.2, 0) is 23.9 Å². The molecular weight excluding hydrogens is 480 g/mol. The summed E-state index contributed by atoms with van der Waals surface area (Å²) in [5.41, 5.74) is 5.18. The summed E-state index contributed by atoms with van der Waals surface area (Å²) < 4.78 is 8.51. The van der Waals surface area contributed by atoms with Crippen molar-refractivity contribution in [3.8, 4) is 0 Å². The van der Waals surface area contributed by atoms with Gasteiger partial charge in [0.2, 0.25) is 5.78 Å². The maximum Gasteiger partial charge on any atom is 0.344 e. The van der Waals surface area contributed by atoms with Crippen molar-refractivity contribution in [2.45, 2.75) is 86.5 Å². The molecule has 5 aliphatic carbocycles. The SMILES string of the molecule is CC1=C(O)C(=O)C=C2C1=CC=C1C2(C)CCC2C3CC(C)CCC3(C)CCC12C.CCOC(=O)COC=O. The number of carbonyl (C=O) groups is 3. The molecule has 3 saturated carbocycles. The molecule has 0 heterocycles. The Labute approximate surface area is 227 Å². The molecule has 0 radical (unpaired) electrons. The zero-order chi connectivity index (χ0) is 27.9. The van der Waals surface area contributed by atoms with Gasteiger partial charge >= 0.3 is 5.97 Å². The quantitative estimate of drug-likeness (QED) is 0.330. The van der Waals surface area contributed by atoms with Crippen LogP contribution in [0.3, 0.4) is 0 Å². The summed E-state index contributed by atoms with van der Waals surface area (Å²) in [4.78, 5) is 32.3. The van der Waals surface area contributed by atoms with Crippen molar-refractivity contribution < 1.29 is 29.0 Å². The highest BCUT2D eigenvalue weighted by atomic mass is 16.6. The molecule has 0 aromatic rings. The number of rotatable bonds is 4. The lowest BCUT2D eigenvalue weighted by Crippen LogP contribution is -2.55. The molecule has 38 heavy (non-hydrogen) atoms. The van der Waals surface area contributed by atoms with Crippen molar-refractivity contribution >= 4 is 18.2 Å². The van der Waals surface area contributed by atoms with Gasteiger partial charge in [0.25, 0.3) is 6.47 Å². The maximum atomic E-state index is 12.5. The summed E-state index contributed by atoms with van der Waals surface area (Å²) in [6.45, 7) is 13.7. The van der Waals surface area contributed by atoms with E-state index in [1.807, 2.05) is 6.92 Å². The predicted octanol–water partition coefficient (Wildman–Crippen LogP) is 6.58.